The van der Waals surface area contributed by atoms with Crippen LogP contribution < -0.4 is 10.9 Å². The number of hydrogen-bond donors (Lipinski definition) is 1. The lowest BCUT2D eigenvalue weighted by atomic mass is 10.1. The second kappa shape index (κ2) is 7.42. The summed E-state index contributed by atoms with van der Waals surface area (Å²) in [5.41, 5.74) is 3.17. The Kier molecular flexibility index (Phi) is 4.83. The molecule has 1 N–H and O–H groups in total. The van der Waals surface area contributed by atoms with Crippen LogP contribution >= 0.6 is 11.3 Å². The van der Waals surface area contributed by atoms with Gasteiger partial charge in [-0.15, -0.1) is 11.3 Å². The second-order valence-electron chi connectivity index (χ2n) is 6.40. The monoisotopic (exact) mass is 379 g/mol. The number of aromatic nitrogens is 2. The van der Waals surface area contributed by atoms with Gasteiger partial charge < -0.3 is 0 Å². The number of rotatable bonds is 5. The number of pyridine rings is 1. The van der Waals surface area contributed by atoms with Crippen molar-refractivity contribution in [3.05, 3.63) is 104 Å². The number of thiophene rings is 1. The Morgan fingerprint density at radius 1 is 1.19 bits per heavy atom. The van der Waals surface area contributed by atoms with E-state index < -0.39 is 0 Å². The highest BCUT2D eigenvalue weighted by molar-refractivity contribution is 7.10. The van der Waals surface area contributed by atoms with Crippen molar-refractivity contribution >= 4 is 17.0 Å². The Morgan fingerprint density at radius 2 is 2.00 bits per heavy atom. The van der Waals surface area contributed by atoms with E-state index in [1.807, 2.05) is 36.6 Å². The van der Waals surface area contributed by atoms with Gasteiger partial charge in [-0.25, -0.2) is 9.37 Å². The number of aryl methyl sites for hydroxylation is 1. The van der Waals surface area contributed by atoms with Crippen LogP contribution in [0.25, 0.3) is 5.65 Å². The first-order valence-electron chi connectivity index (χ1n) is 8.61. The predicted octanol–water partition coefficient (Wildman–Crippen LogP) is 4.08. The van der Waals surface area contributed by atoms with Gasteiger partial charge in [0.05, 0.1) is 11.7 Å². The van der Waals surface area contributed by atoms with Gasteiger partial charge in [0.1, 0.15) is 11.5 Å². The fraction of sp³-hybridized carbons (Fsp3) is 0.143. The van der Waals surface area contributed by atoms with E-state index in [-0.39, 0.29) is 17.4 Å². The van der Waals surface area contributed by atoms with Crippen LogP contribution in [0.2, 0.25) is 0 Å². The number of fused-ring (bicyclic) bond motifs is 1. The van der Waals surface area contributed by atoms with Crippen molar-refractivity contribution in [1.82, 2.24) is 14.7 Å². The molecule has 0 aliphatic carbocycles. The van der Waals surface area contributed by atoms with Crippen LogP contribution in [0.15, 0.2) is 71.0 Å². The van der Waals surface area contributed by atoms with Crippen LogP contribution in [0.1, 0.15) is 27.7 Å². The van der Waals surface area contributed by atoms with Gasteiger partial charge in [0, 0.05) is 23.7 Å². The summed E-state index contributed by atoms with van der Waals surface area (Å²) in [7, 11) is 0. The molecule has 0 fully saturated rings. The molecule has 4 aromatic rings. The molecule has 0 aliphatic rings. The van der Waals surface area contributed by atoms with Crippen LogP contribution in [-0.2, 0) is 6.54 Å². The molecule has 3 aromatic heterocycles. The number of hydrogen-bond acceptors (Lipinski definition) is 4. The van der Waals surface area contributed by atoms with Crippen molar-refractivity contribution in [3.8, 4) is 0 Å². The van der Waals surface area contributed by atoms with Crippen molar-refractivity contribution in [3.63, 3.8) is 0 Å². The molecule has 136 valence electrons. The molecule has 0 saturated carbocycles. The SMILES string of the molecule is Cc1ccc2nc(CN[C@@H](c3ccc(F)cc3)c3cccs3)cc(=O)n2c1. The molecule has 0 amide bonds. The van der Waals surface area contributed by atoms with Gasteiger partial charge in [-0.05, 0) is 47.7 Å². The molecule has 0 bridgehead atoms. The lowest BCUT2D eigenvalue weighted by Crippen LogP contribution is -2.24. The Balaban J connectivity index is 1.63. The van der Waals surface area contributed by atoms with E-state index in [4.69, 9.17) is 0 Å². The molecule has 1 aromatic carbocycles. The minimum atomic E-state index is -0.261. The minimum absolute atomic E-state index is 0.0936. The molecule has 0 unspecified atom stereocenters. The van der Waals surface area contributed by atoms with Gasteiger partial charge in [-0.1, -0.05) is 24.3 Å². The van der Waals surface area contributed by atoms with Crippen LogP contribution in [0.5, 0.6) is 0 Å². The van der Waals surface area contributed by atoms with Gasteiger partial charge in [-0.2, -0.15) is 0 Å². The van der Waals surface area contributed by atoms with Crippen LogP contribution in [-0.4, -0.2) is 9.38 Å². The van der Waals surface area contributed by atoms with Crippen molar-refractivity contribution in [1.29, 1.82) is 0 Å². The molecule has 0 radical (unpaired) electrons. The van der Waals surface area contributed by atoms with Crippen molar-refractivity contribution < 1.29 is 4.39 Å². The van der Waals surface area contributed by atoms with Gasteiger partial charge >= 0.3 is 0 Å². The molecule has 6 heteroatoms. The molecule has 4 rings (SSSR count). The minimum Gasteiger partial charge on any atom is -0.300 e. The standard InChI is InChI=1S/C21H18FN3OS/c1-14-4-9-19-24-17(11-20(26)25(19)13-14)12-23-21(18-3-2-10-27-18)15-5-7-16(22)8-6-15/h2-11,13,21,23H,12H2,1H3/t21-/m0/s1. The molecule has 1 atom stereocenters. The summed E-state index contributed by atoms with van der Waals surface area (Å²) in [5, 5.41) is 5.47. The third-order valence-electron chi connectivity index (χ3n) is 4.38. The zero-order valence-corrected chi connectivity index (χ0v) is 15.5. The molecule has 0 spiro atoms. The average molecular weight is 379 g/mol. The van der Waals surface area contributed by atoms with Gasteiger partial charge in [-0.3, -0.25) is 14.5 Å². The average Bonchev–Trinajstić information content (AvgIpc) is 3.18. The van der Waals surface area contributed by atoms with Gasteiger partial charge in [0.25, 0.3) is 5.56 Å². The molecule has 3 heterocycles. The number of halogens is 1. The van der Waals surface area contributed by atoms with Gasteiger partial charge in [0.2, 0.25) is 0 Å². The molecule has 4 nitrogen and oxygen atoms in total. The molecular weight excluding hydrogens is 361 g/mol. The summed E-state index contributed by atoms with van der Waals surface area (Å²) in [6.07, 6.45) is 1.79. The largest absolute Gasteiger partial charge is 0.300 e. The molecule has 27 heavy (non-hydrogen) atoms. The Hall–Kier alpha value is -2.83. The topological polar surface area (TPSA) is 46.4 Å². The fourth-order valence-electron chi connectivity index (χ4n) is 3.05. The maximum atomic E-state index is 13.3. The van der Waals surface area contributed by atoms with Crippen molar-refractivity contribution in [2.75, 3.05) is 0 Å². The highest BCUT2D eigenvalue weighted by atomic mass is 32.1. The van der Waals surface area contributed by atoms with E-state index in [0.29, 0.717) is 17.9 Å². The number of benzene rings is 1. The second-order valence-corrected chi connectivity index (χ2v) is 7.38. The third-order valence-corrected chi connectivity index (χ3v) is 5.32. The molecule has 0 saturated heterocycles. The number of nitrogens with zero attached hydrogens (tertiary/aromatic N) is 2. The maximum Gasteiger partial charge on any atom is 0.258 e. The summed E-state index contributed by atoms with van der Waals surface area (Å²) in [4.78, 5) is 18.1. The van der Waals surface area contributed by atoms with E-state index in [1.54, 1.807) is 40.1 Å². The highest BCUT2D eigenvalue weighted by Gasteiger charge is 2.15. The number of nitrogens with one attached hydrogen (secondary N) is 1. The first-order valence-corrected chi connectivity index (χ1v) is 9.49. The predicted molar refractivity (Wildman–Crippen MR) is 106 cm³/mol. The smallest absolute Gasteiger partial charge is 0.258 e. The zero-order valence-electron chi connectivity index (χ0n) is 14.7. The van der Waals surface area contributed by atoms with E-state index >= 15 is 0 Å². The van der Waals surface area contributed by atoms with Crippen LogP contribution in [0.3, 0.4) is 0 Å². The normalized spacial score (nSPS) is 12.4. The first-order chi connectivity index (χ1) is 13.1. The summed E-state index contributed by atoms with van der Waals surface area (Å²) >= 11 is 1.63. The lowest BCUT2D eigenvalue weighted by molar-refractivity contribution is 0.597. The molecule has 0 aliphatic heterocycles. The van der Waals surface area contributed by atoms with E-state index in [9.17, 15) is 9.18 Å². The summed E-state index contributed by atoms with van der Waals surface area (Å²) < 4.78 is 14.9. The van der Waals surface area contributed by atoms with E-state index in [1.165, 1.54) is 12.1 Å². The van der Waals surface area contributed by atoms with Crippen LogP contribution in [0.4, 0.5) is 4.39 Å². The van der Waals surface area contributed by atoms with E-state index in [0.717, 1.165) is 16.0 Å². The van der Waals surface area contributed by atoms with E-state index in [2.05, 4.69) is 10.3 Å². The Bertz CT molecular complexity index is 1120. The summed E-state index contributed by atoms with van der Waals surface area (Å²) in [5.74, 6) is -0.261. The van der Waals surface area contributed by atoms with Crippen LogP contribution in [0, 0.1) is 12.7 Å². The first kappa shape index (κ1) is 17.6. The fourth-order valence-corrected chi connectivity index (χ4v) is 3.88. The Morgan fingerprint density at radius 3 is 2.74 bits per heavy atom. The molecular formula is C21H18FN3OS. The summed E-state index contributed by atoms with van der Waals surface area (Å²) in [6, 6.07) is 15.7. The lowest BCUT2D eigenvalue weighted by Gasteiger charge is -2.18. The van der Waals surface area contributed by atoms with Crippen molar-refractivity contribution in [2.24, 2.45) is 0 Å². The van der Waals surface area contributed by atoms with Crippen molar-refractivity contribution in [2.45, 2.75) is 19.5 Å². The highest BCUT2D eigenvalue weighted by Crippen LogP contribution is 2.26. The summed E-state index contributed by atoms with van der Waals surface area (Å²) in [6.45, 7) is 2.37. The zero-order chi connectivity index (χ0) is 18.8. The quantitative estimate of drug-likeness (QED) is 0.568. The Labute approximate surface area is 160 Å². The van der Waals surface area contributed by atoms with Gasteiger partial charge in [0.15, 0.2) is 0 Å². The third kappa shape index (κ3) is 3.82. The maximum absolute atomic E-state index is 13.3.